The smallest absolute Gasteiger partial charge is 0.254 e. The van der Waals surface area contributed by atoms with Gasteiger partial charge in [0.1, 0.15) is 0 Å². The Morgan fingerprint density at radius 3 is 2.50 bits per heavy atom. The van der Waals surface area contributed by atoms with E-state index >= 15 is 0 Å². The van der Waals surface area contributed by atoms with Crippen molar-refractivity contribution in [1.82, 2.24) is 5.32 Å². The summed E-state index contributed by atoms with van der Waals surface area (Å²) in [7, 11) is 4.71. The van der Waals surface area contributed by atoms with Gasteiger partial charge in [0, 0.05) is 7.05 Å². The minimum Gasteiger partial charge on any atom is -0.493 e. The fraction of sp³-hybridized carbons (Fsp3) is 0.533. The molecular formula is C15H24N2O3. The minimum absolute atomic E-state index is 0.177. The van der Waals surface area contributed by atoms with E-state index in [2.05, 4.69) is 5.32 Å². The van der Waals surface area contributed by atoms with Crippen LogP contribution in [0.15, 0.2) is 12.1 Å². The van der Waals surface area contributed by atoms with Gasteiger partial charge >= 0.3 is 0 Å². The highest BCUT2D eigenvalue weighted by atomic mass is 16.5. The molecule has 0 bridgehead atoms. The van der Waals surface area contributed by atoms with E-state index in [9.17, 15) is 4.79 Å². The van der Waals surface area contributed by atoms with Crippen molar-refractivity contribution in [3.05, 3.63) is 23.3 Å². The van der Waals surface area contributed by atoms with Gasteiger partial charge in [0.15, 0.2) is 11.5 Å². The number of methoxy groups -OCH3 is 2. The first-order valence-electron chi connectivity index (χ1n) is 6.85. The molecule has 1 aromatic carbocycles. The van der Waals surface area contributed by atoms with Gasteiger partial charge in [-0.05, 0) is 43.5 Å². The van der Waals surface area contributed by atoms with Crippen LogP contribution in [0.1, 0.15) is 35.2 Å². The van der Waals surface area contributed by atoms with Gasteiger partial charge in [-0.1, -0.05) is 6.42 Å². The molecule has 0 fully saturated rings. The predicted molar refractivity (Wildman–Crippen MR) is 79.5 cm³/mol. The van der Waals surface area contributed by atoms with Crippen LogP contribution in [-0.2, 0) is 6.42 Å². The molecule has 1 amide bonds. The topological polar surface area (TPSA) is 73.6 Å². The number of nitrogens with two attached hydrogens (primary N) is 1. The summed E-state index contributed by atoms with van der Waals surface area (Å²) in [6, 6.07) is 3.79. The van der Waals surface area contributed by atoms with Crippen LogP contribution in [-0.4, -0.2) is 33.7 Å². The number of unbranched alkanes of at least 4 members (excludes halogenated alkanes) is 2. The number of rotatable bonds is 8. The second-order valence-electron chi connectivity index (χ2n) is 4.56. The van der Waals surface area contributed by atoms with Gasteiger partial charge < -0.3 is 20.5 Å². The van der Waals surface area contributed by atoms with E-state index in [0.717, 1.165) is 37.8 Å². The van der Waals surface area contributed by atoms with E-state index in [1.807, 2.05) is 12.1 Å². The lowest BCUT2D eigenvalue weighted by Gasteiger charge is -2.14. The molecule has 0 atom stereocenters. The summed E-state index contributed by atoms with van der Waals surface area (Å²) in [4.78, 5) is 11.9. The van der Waals surface area contributed by atoms with Gasteiger partial charge in [0.25, 0.3) is 5.91 Å². The lowest BCUT2D eigenvalue weighted by molar-refractivity contribution is 0.0959. The normalized spacial score (nSPS) is 10.2. The number of benzene rings is 1. The number of hydrogen-bond donors (Lipinski definition) is 2. The van der Waals surface area contributed by atoms with E-state index in [-0.39, 0.29) is 5.91 Å². The molecule has 112 valence electrons. The summed E-state index contributed by atoms with van der Waals surface area (Å²) in [5.74, 6) is 0.879. The maximum absolute atomic E-state index is 11.9. The molecular weight excluding hydrogens is 256 g/mol. The second-order valence-corrected chi connectivity index (χ2v) is 4.56. The van der Waals surface area contributed by atoms with Crippen molar-refractivity contribution < 1.29 is 14.3 Å². The van der Waals surface area contributed by atoms with Crippen molar-refractivity contribution in [2.24, 2.45) is 5.73 Å². The maximum atomic E-state index is 11.9. The zero-order valence-corrected chi connectivity index (χ0v) is 12.5. The molecule has 0 radical (unpaired) electrons. The predicted octanol–water partition coefficient (Wildman–Crippen LogP) is 1.73. The third kappa shape index (κ3) is 4.13. The van der Waals surface area contributed by atoms with E-state index in [1.165, 1.54) is 7.11 Å². The molecule has 0 aliphatic carbocycles. The SMILES string of the molecule is CNC(=O)c1cc(CCCCCN)cc(OC)c1OC. The quantitative estimate of drug-likeness (QED) is 0.711. The maximum Gasteiger partial charge on any atom is 0.254 e. The monoisotopic (exact) mass is 280 g/mol. The van der Waals surface area contributed by atoms with Gasteiger partial charge in [-0.3, -0.25) is 4.79 Å². The molecule has 0 spiro atoms. The molecule has 0 aliphatic rings. The Hall–Kier alpha value is -1.75. The van der Waals surface area contributed by atoms with Crippen molar-refractivity contribution in [3.8, 4) is 11.5 Å². The molecule has 5 nitrogen and oxygen atoms in total. The number of aryl methyl sites for hydroxylation is 1. The fourth-order valence-electron chi connectivity index (χ4n) is 2.12. The number of ether oxygens (including phenoxy) is 2. The number of carbonyl (C=O) groups excluding carboxylic acids is 1. The van der Waals surface area contributed by atoms with Crippen LogP contribution >= 0.6 is 0 Å². The standard InChI is InChI=1S/C15H24N2O3/c1-17-15(18)12-9-11(7-5-4-6-8-16)10-13(19-2)14(12)20-3/h9-10H,4-8,16H2,1-3H3,(H,17,18). The van der Waals surface area contributed by atoms with Gasteiger partial charge in [-0.2, -0.15) is 0 Å². The molecule has 0 saturated heterocycles. The first kappa shape index (κ1) is 16.3. The lowest BCUT2D eigenvalue weighted by Crippen LogP contribution is -2.19. The van der Waals surface area contributed by atoms with Crippen LogP contribution in [0, 0.1) is 0 Å². The highest BCUT2D eigenvalue weighted by Gasteiger charge is 2.17. The Bertz CT molecular complexity index is 447. The molecule has 5 heteroatoms. The highest BCUT2D eigenvalue weighted by Crippen LogP contribution is 2.33. The molecule has 20 heavy (non-hydrogen) atoms. The van der Waals surface area contributed by atoms with Gasteiger partial charge in [0.05, 0.1) is 19.8 Å². The molecule has 0 aromatic heterocycles. The Balaban J connectivity index is 2.99. The number of carbonyl (C=O) groups is 1. The first-order valence-corrected chi connectivity index (χ1v) is 6.85. The zero-order chi connectivity index (χ0) is 15.0. The van der Waals surface area contributed by atoms with Crippen molar-refractivity contribution in [1.29, 1.82) is 0 Å². The first-order chi connectivity index (χ1) is 9.67. The van der Waals surface area contributed by atoms with Crippen LogP contribution in [0.5, 0.6) is 11.5 Å². The largest absolute Gasteiger partial charge is 0.493 e. The third-order valence-corrected chi connectivity index (χ3v) is 3.18. The molecule has 0 aliphatic heterocycles. The summed E-state index contributed by atoms with van der Waals surface area (Å²) >= 11 is 0. The second kappa shape index (κ2) is 8.43. The lowest BCUT2D eigenvalue weighted by atomic mass is 10.0. The molecule has 0 saturated carbocycles. The van der Waals surface area contributed by atoms with Gasteiger partial charge in [0.2, 0.25) is 0 Å². The van der Waals surface area contributed by atoms with Crippen molar-refractivity contribution in [3.63, 3.8) is 0 Å². The molecule has 1 rings (SSSR count). The summed E-state index contributed by atoms with van der Waals surface area (Å²) in [6.45, 7) is 0.718. The Labute approximate surface area is 120 Å². The summed E-state index contributed by atoms with van der Waals surface area (Å²) in [6.07, 6.45) is 4.04. The average molecular weight is 280 g/mol. The van der Waals surface area contributed by atoms with Gasteiger partial charge in [-0.25, -0.2) is 0 Å². The summed E-state index contributed by atoms with van der Waals surface area (Å²) in [5, 5.41) is 2.62. The van der Waals surface area contributed by atoms with Gasteiger partial charge in [-0.15, -0.1) is 0 Å². The van der Waals surface area contributed by atoms with E-state index < -0.39 is 0 Å². The van der Waals surface area contributed by atoms with Crippen molar-refractivity contribution in [2.45, 2.75) is 25.7 Å². The molecule has 3 N–H and O–H groups in total. The van der Waals surface area contributed by atoms with E-state index in [0.29, 0.717) is 17.1 Å². The molecule has 1 aromatic rings. The molecule has 0 unspecified atom stereocenters. The van der Waals surface area contributed by atoms with E-state index in [4.69, 9.17) is 15.2 Å². The molecule has 0 heterocycles. The third-order valence-electron chi connectivity index (χ3n) is 3.18. The zero-order valence-electron chi connectivity index (χ0n) is 12.5. The number of amides is 1. The van der Waals surface area contributed by atoms with Crippen LogP contribution in [0.4, 0.5) is 0 Å². The van der Waals surface area contributed by atoms with Crippen molar-refractivity contribution in [2.75, 3.05) is 27.8 Å². The highest BCUT2D eigenvalue weighted by molar-refractivity contribution is 5.97. The van der Waals surface area contributed by atoms with Crippen LogP contribution < -0.4 is 20.5 Å². The summed E-state index contributed by atoms with van der Waals surface area (Å²) < 4.78 is 10.6. The number of hydrogen-bond acceptors (Lipinski definition) is 4. The van der Waals surface area contributed by atoms with Crippen LogP contribution in [0.3, 0.4) is 0 Å². The fourth-order valence-corrected chi connectivity index (χ4v) is 2.12. The van der Waals surface area contributed by atoms with Crippen LogP contribution in [0.25, 0.3) is 0 Å². The number of nitrogens with one attached hydrogen (secondary N) is 1. The Kier molecular flexibility index (Phi) is 6.87. The van der Waals surface area contributed by atoms with Crippen molar-refractivity contribution >= 4 is 5.91 Å². The van der Waals surface area contributed by atoms with E-state index in [1.54, 1.807) is 14.2 Å². The Morgan fingerprint density at radius 2 is 1.95 bits per heavy atom. The Morgan fingerprint density at radius 1 is 1.20 bits per heavy atom. The minimum atomic E-state index is -0.177. The average Bonchev–Trinajstić information content (AvgIpc) is 2.49. The summed E-state index contributed by atoms with van der Waals surface area (Å²) in [5.41, 5.74) is 7.05. The van der Waals surface area contributed by atoms with Crippen LogP contribution in [0.2, 0.25) is 0 Å².